The van der Waals surface area contributed by atoms with E-state index in [1.165, 1.54) is 6.92 Å². The summed E-state index contributed by atoms with van der Waals surface area (Å²) < 4.78 is 34.5. The zero-order valence-electron chi connectivity index (χ0n) is 19.3. The van der Waals surface area contributed by atoms with Crippen LogP contribution in [0.15, 0.2) is 15.4 Å². The van der Waals surface area contributed by atoms with E-state index >= 15 is 0 Å². The van der Waals surface area contributed by atoms with Gasteiger partial charge in [0, 0.05) is 18.2 Å². The molecule has 11 heteroatoms. The number of furan rings is 1. The Morgan fingerprint density at radius 1 is 1.41 bits per heavy atom. The summed E-state index contributed by atoms with van der Waals surface area (Å²) in [4.78, 5) is 24.3. The molecule has 0 fully saturated rings. The zero-order valence-corrected chi connectivity index (χ0v) is 21.8. The van der Waals surface area contributed by atoms with Crippen LogP contribution in [0.3, 0.4) is 0 Å². The Kier molecular flexibility index (Phi) is 14.4. The highest BCUT2D eigenvalue weighted by molar-refractivity contribution is 7.84. The smallest absolute Gasteiger partial charge is 0.408 e. The molecule has 0 saturated carbocycles. The SMILES string of the molecule is CC(C)(C)OC(=O)NCS.CC=O.Cc1c(CCCCF)oc2c(S(C)=O)cc(Cl)nc12. The quantitative estimate of drug-likeness (QED) is 0.177. The van der Waals surface area contributed by atoms with Gasteiger partial charge in [-0.2, -0.15) is 12.6 Å². The number of hydrogen-bond donors (Lipinski definition) is 2. The molecule has 1 unspecified atom stereocenters. The van der Waals surface area contributed by atoms with Crippen molar-refractivity contribution in [3.63, 3.8) is 0 Å². The molecule has 2 aromatic rings. The van der Waals surface area contributed by atoms with Crippen molar-refractivity contribution in [3.05, 3.63) is 22.5 Å². The molecule has 7 nitrogen and oxygen atoms in total. The summed E-state index contributed by atoms with van der Waals surface area (Å²) in [5, 5.41) is 2.71. The Morgan fingerprint density at radius 2 is 2.00 bits per heavy atom. The van der Waals surface area contributed by atoms with Crippen LogP contribution in [0.2, 0.25) is 5.15 Å². The summed E-state index contributed by atoms with van der Waals surface area (Å²) >= 11 is 9.74. The molecule has 32 heavy (non-hydrogen) atoms. The molecule has 0 bridgehead atoms. The van der Waals surface area contributed by atoms with E-state index in [-0.39, 0.29) is 6.67 Å². The van der Waals surface area contributed by atoms with E-state index in [4.69, 9.17) is 25.5 Å². The van der Waals surface area contributed by atoms with Gasteiger partial charge in [-0.25, -0.2) is 9.78 Å². The molecule has 2 heterocycles. The van der Waals surface area contributed by atoms with Gasteiger partial charge in [0.15, 0.2) is 5.58 Å². The first-order chi connectivity index (χ1) is 14.9. The van der Waals surface area contributed by atoms with Gasteiger partial charge in [-0.05, 0) is 53.5 Å². The lowest BCUT2D eigenvalue weighted by Gasteiger charge is -2.18. The highest BCUT2D eigenvalue weighted by Gasteiger charge is 2.18. The van der Waals surface area contributed by atoms with Crippen LogP contribution in [0.5, 0.6) is 0 Å². The van der Waals surface area contributed by atoms with Gasteiger partial charge in [-0.1, -0.05) is 11.6 Å². The first-order valence-electron chi connectivity index (χ1n) is 9.87. The number of nitrogens with one attached hydrogen (secondary N) is 1. The lowest BCUT2D eigenvalue weighted by Crippen LogP contribution is -2.31. The maximum absolute atomic E-state index is 12.1. The molecule has 0 saturated heterocycles. The van der Waals surface area contributed by atoms with E-state index in [0.29, 0.717) is 39.9 Å². The molecule has 1 N–H and O–H groups in total. The molecule has 0 aliphatic rings. The summed E-state index contributed by atoms with van der Waals surface area (Å²) in [5.41, 5.74) is 1.64. The second-order valence-electron chi connectivity index (χ2n) is 7.44. The number of pyridine rings is 1. The molecule has 0 aliphatic carbocycles. The Bertz CT molecular complexity index is 900. The molecule has 0 radical (unpaired) electrons. The van der Waals surface area contributed by atoms with Crippen LogP contribution in [0.4, 0.5) is 9.18 Å². The van der Waals surface area contributed by atoms with E-state index in [1.54, 1.807) is 12.3 Å². The molecule has 182 valence electrons. The Balaban J connectivity index is 0.000000625. The number of carbonyl (C=O) groups excluding carboxylic acids is 2. The number of nitrogens with zero attached hydrogens (tertiary/aromatic N) is 1. The number of aryl methyl sites for hydroxylation is 2. The van der Waals surface area contributed by atoms with Gasteiger partial charge >= 0.3 is 6.09 Å². The number of amides is 1. The average molecular weight is 511 g/mol. The minimum absolute atomic E-state index is 0.301. The third kappa shape index (κ3) is 11.3. The fraction of sp³-hybridized carbons (Fsp3) is 0.571. The van der Waals surface area contributed by atoms with E-state index in [2.05, 4.69) is 22.9 Å². The van der Waals surface area contributed by atoms with Gasteiger partial charge in [-0.15, -0.1) is 0 Å². The van der Waals surface area contributed by atoms with Gasteiger partial charge in [0.1, 0.15) is 28.3 Å². The average Bonchev–Trinajstić information content (AvgIpc) is 2.97. The van der Waals surface area contributed by atoms with Crippen molar-refractivity contribution < 1.29 is 27.3 Å². The van der Waals surface area contributed by atoms with Gasteiger partial charge in [0.25, 0.3) is 0 Å². The second kappa shape index (κ2) is 15.2. The van der Waals surface area contributed by atoms with E-state index < -0.39 is 22.5 Å². The first-order valence-corrected chi connectivity index (χ1v) is 12.4. The number of unbranched alkanes of at least 4 members (excludes halogenated alkanes) is 1. The van der Waals surface area contributed by atoms with Crippen molar-refractivity contribution in [3.8, 4) is 0 Å². The predicted octanol–water partition coefficient (Wildman–Crippen LogP) is 5.42. The molecular weight excluding hydrogens is 479 g/mol. The van der Waals surface area contributed by atoms with Crippen molar-refractivity contribution in [2.75, 3.05) is 18.8 Å². The number of hydrogen-bond acceptors (Lipinski definition) is 7. The zero-order chi connectivity index (χ0) is 24.9. The summed E-state index contributed by atoms with van der Waals surface area (Å²) in [5.74, 6) is 1.07. The number of aromatic nitrogens is 1. The van der Waals surface area contributed by atoms with E-state index in [0.717, 1.165) is 24.0 Å². The normalized spacial score (nSPS) is 11.5. The van der Waals surface area contributed by atoms with Crippen molar-refractivity contribution in [2.24, 2.45) is 0 Å². The Hall–Kier alpha value is -1.65. The third-order valence-electron chi connectivity index (χ3n) is 3.63. The number of carbonyl (C=O) groups is 2. The number of fused-ring (bicyclic) bond motifs is 1. The van der Waals surface area contributed by atoms with Crippen LogP contribution in [0, 0.1) is 6.92 Å². The van der Waals surface area contributed by atoms with Crippen LogP contribution in [0.25, 0.3) is 11.1 Å². The van der Waals surface area contributed by atoms with Gasteiger partial charge in [0.2, 0.25) is 0 Å². The number of alkyl carbamates (subject to hydrolysis) is 1. The lowest BCUT2D eigenvalue weighted by atomic mass is 10.1. The monoisotopic (exact) mass is 510 g/mol. The minimum atomic E-state index is -1.19. The fourth-order valence-electron chi connectivity index (χ4n) is 2.38. The highest BCUT2D eigenvalue weighted by atomic mass is 35.5. The number of alkyl halides is 1. The molecule has 1 atom stereocenters. The molecule has 2 rings (SSSR count). The summed E-state index contributed by atoms with van der Waals surface area (Å²) in [6, 6.07) is 1.56. The van der Waals surface area contributed by atoms with Crippen molar-refractivity contribution in [1.82, 2.24) is 10.3 Å². The number of halogens is 2. The molecule has 0 aliphatic heterocycles. The van der Waals surface area contributed by atoms with Crippen LogP contribution in [-0.2, 0) is 26.8 Å². The second-order valence-corrected chi connectivity index (χ2v) is 9.50. The molecular formula is C21H32ClFN2O5S2. The number of aldehydes is 1. The lowest BCUT2D eigenvalue weighted by molar-refractivity contribution is -0.106. The Labute approximate surface area is 201 Å². The van der Waals surface area contributed by atoms with E-state index in [1.807, 2.05) is 27.7 Å². The largest absolute Gasteiger partial charge is 0.458 e. The maximum atomic E-state index is 12.1. The van der Waals surface area contributed by atoms with E-state index in [9.17, 15) is 13.4 Å². The maximum Gasteiger partial charge on any atom is 0.408 e. The highest BCUT2D eigenvalue weighted by Crippen LogP contribution is 2.31. The van der Waals surface area contributed by atoms with Crippen LogP contribution in [-0.4, -0.2) is 46.0 Å². The van der Waals surface area contributed by atoms with Crippen LogP contribution < -0.4 is 5.32 Å². The van der Waals surface area contributed by atoms with Gasteiger partial charge in [-0.3, -0.25) is 8.60 Å². The number of rotatable bonds is 6. The number of thiol groups is 1. The van der Waals surface area contributed by atoms with Crippen molar-refractivity contribution >= 4 is 58.5 Å². The summed E-state index contributed by atoms with van der Waals surface area (Å²) in [7, 11) is -1.19. The minimum Gasteiger partial charge on any atom is -0.458 e. The van der Waals surface area contributed by atoms with Crippen molar-refractivity contribution in [1.29, 1.82) is 0 Å². The molecule has 1 amide bonds. The fourth-order valence-corrected chi connectivity index (χ4v) is 3.44. The molecule has 2 aromatic heterocycles. The van der Waals surface area contributed by atoms with Crippen LogP contribution >= 0.6 is 24.2 Å². The van der Waals surface area contributed by atoms with Crippen molar-refractivity contribution in [2.45, 2.75) is 64.4 Å². The summed E-state index contributed by atoms with van der Waals surface area (Å²) in [6.45, 7) is 8.44. The first kappa shape index (κ1) is 30.4. The Morgan fingerprint density at radius 3 is 2.47 bits per heavy atom. The molecule has 0 aromatic carbocycles. The topological polar surface area (TPSA) is 98.5 Å². The predicted molar refractivity (Wildman–Crippen MR) is 130 cm³/mol. The standard InChI is InChI=1S/C13H15ClFNO2S.C6H13NO2S.C2H4O/c1-8-9(5-3-4-6-15)18-13-10(19(2)17)7-11(14)16-12(8)13;1-6(2,3)9-5(8)7-4-10;1-2-3/h7H,3-6H2,1-2H3;10H,4H2,1-3H3,(H,7,8);2H,1H3. The van der Waals surface area contributed by atoms with Gasteiger partial charge < -0.3 is 19.3 Å². The third-order valence-corrected chi connectivity index (χ3v) is 4.90. The van der Waals surface area contributed by atoms with Gasteiger partial charge in [0.05, 0.1) is 28.2 Å². The number of ether oxygens (including phenoxy) is 1. The molecule has 0 spiro atoms. The summed E-state index contributed by atoms with van der Waals surface area (Å²) in [6.07, 6.45) is 3.78. The van der Waals surface area contributed by atoms with Crippen LogP contribution in [0.1, 0.15) is 51.9 Å².